The summed E-state index contributed by atoms with van der Waals surface area (Å²) in [6.45, 7) is 1.04. The van der Waals surface area contributed by atoms with Crippen LogP contribution in [0.15, 0.2) is 111 Å². The largest absolute Gasteiger partial charge is 2.00 e. The summed E-state index contributed by atoms with van der Waals surface area (Å²) >= 11 is 0. The van der Waals surface area contributed by atoms with Crippen molar-refractivity contribution in [3.63, 3.8) is 0 Å². The molecule has 49 heavy (non-hydrogen) atoms. The number of nitrogens with zero attached hydrogens (tertiary/aromatic N) is 2. The van der Waals surface area contributed by atoms with Crippen LogP contribution in [0.3, 0.4) is 0 Å². The van der Waals surface area contributed by atoms with Crippen molar-refractivity contribution < 1.29 is 105 Å². The molecule has 16 nitrogen and oxygen atoms in total. The van der Waals surface area contributed by atoms with Gasteiger partial charge in [-0.1, -0.05) is 84.9 Å². The molecule has 0 saturated heterocycles. The maximum absolute atomic E-state index is 8.49. The van der Waals surface area contributed by atoms with Crippen molar-refractivity contribution in [2.45, 2.75) is 12.1 Å². The second-order valence-corrected chi connectivity index (χ2v) is 11.1. The monoisotopic (exact) mass is 768 g/mol. The van der Waals surface area contributed by atoms with E-state index < -0.39 is 20.5 Å². The van der Waals surface area contributed by atoms with E-state index >= 15 is 0 Å². The minimum absolute atomic E-state index is 0. The van der Waals surface area contributed by atoms with Crippen molar-refractivity contribution in [1.29, 1.82) is 0 Å². The number of hydrogen-bond donors (Lipinski definition) is 0. The van der Waals surface area contributed by atoms with Gasteiger partial charge in [-0.3, -0.25) is 0 Å². The molecule has 0 fully saturated rings. The summed E-state index contributed by atoms with van der Waals surface area (Å²) < 4.78 is 86.5. The molecule has 5 aromatic rings. The number of aliphatic imine (C=N–C) groups is 2. The number of hydrogen-bond acceptors (Lipinski definition) is 13. The molecular weight excluding hydrogens is 742 g/mol. The number of fused-ring (bicyclic) bond motifs is 3. The van der Waals surface area contributed by atoms with Crippen molar-refractivity contribution in [2.75, 3.05) is 13.2 Å². The van der Waals surface area contributed by atoms with Crippen LogP contribution in [0, 0.1) is 20.5 Å². The zero-order valence-corrected chi connectivity index (χ0v) is 27.3. The molecule has 0 aliphatic carbocycles. The van der Waals surface area contributed by atoms with Gasteiger partial charge < -0.3 is 30.3 Å². The van der Waals surface area contributed by atoms with E-state index in [1.54, 1.807) is 0 Å². The first-order chi connectivity index (χ1) is 21.3. The quantitative estimate of drug-likeness (QED) is 0.155. The number of rotatable bonds is 4. The Morgan fingerprint density at radius 1 is 0.490 bits per heavy atom. The van der Waals surface area contributed by atoms with Gasteiger partial charge in [-0.05, 0) is 23.3 Å². The van der Waals surface area contributed by atoms with E-state index in [1.165, 1.54) is 0 Å². The molecule has 6 N–H and O–H groups in total. The van der Waals surface area contributed by atoms with Gasteiger partial charge in [0.1, 0.15) is 36.5 Å². The van der Waals surface area contributed by atoms with Crippen molar-refractivity contribution in [1.82, 2.24) is 0 Å². The second kappa shape index (κ2) is 18.3. The van der Waals surface area contributed by atoms with Crippen molar-refractivity contribution in [3.05, 3.63) is 119 Å². The summed E-state index contributed by atoms with van der Waals surface area (Å²) in [5.41, 5.74) is 5.54. The summed E-state index contributed by atoms with van der Waals surface area (Å²) in [7, 11) is -9.89. The number of benzene rings is 4. The Bertz CT molecular complexity index is 1690. The fraction of sp³-hybridized carbons (Fsp3) is 0.133. The van der Waals surface area contributed by atoms with Crippen LogP contribution in [0.2, 0.25) is 0 Å². The molecule has 0 bridgehead atoms. The Balaban J connectivity index is 0.000000762. The van der Waals surface area contributed by atoms with Crippen molar-refractivity contribution >= 4 is 33.7 Å². The Morgan fingerprint density at radius 2 is 0.816 bits per heavy atom. The van der Waals surface area contributed by atoms with Gasteiger partial charge in [0.05, 0.1) is 11.1 Å². The summed E-state index contributed by atoms with van der Waals surface area (Å²) in [6.07, 6.45) is 0. The minimum atomic E-state index is -4.94. The van der Waals surface area contributed by atoms with Gasteiger partial charge in [0.15, 0.2) is 0 Å². The molecule has 4 aromatic carbocycles. The van der Waals surface area contributed by atoms with E-state index in [0.717, 1.165) is 44.2 Å². The van der Waals surface area contributed by atoms with Gasteiger partial charge in [0.25, 0.3) is 0 Å². The standard InChI is InChI=1S/C30H22N2O3.2ClHO4.Ni.3H2O/c1-3-9-19(10-4-1)25-17-33-29(31-25)23-15-7-13-21-22-14-8-16-24(28(22)35-27(21)23)30-32-26(18-34-30)20-11-5-2-6-12-20;2*2-1(3,4)5;;;;/h1-16,25-26H,17-18H2;2*(H,2,3,4,5);;3*1H2/q;;;+2;;;/p-2/t25-,26-;;;;;;/m0....../s1. The molecule has 0 amide bonds. The summed E-state index contributed by atoms with van der Waals surface area (Å²) in [6, 6.07) is 32.6. The van der Waals surface area contributed by atoms with Crippen molar-refractivity contribution in [2.24, 2.45) is 9.98 Å². The first kappa shape index (κ1) is 43.3. The normalized spacial score (nSPS) is 16.3. The van der Waals surface area contributed by atoms with E-state index in [1.807, 2.05) is 60.7 Å². The molecule has 0 spiro atoms. The van der Waals surface area contributed by atoms with Crippen LogP contribution < -0.4 is 37.3 Å². The Hall–Kier alpha value is -3.75. The van der Waals surface area contributed by atoms with Crippen LogP contribution in [0.1, 0.15) is 34.3 Å². The maximum Gasteiger partial charge on any atom is 2.00 e. The molecule has 0 saturated carbocycles. The number of ether oxygens (including phenoxy) is 2. The molecule has 2 aliphatic heterocycles. The Morgan fingerprint density at radius 3 is 1.14 bits per heavy atom. The first-order valence-electron chi connectivity index (χ1n) is 13.0. The van der Waals surface area contributed by atoms with Crippen LogP contribution in [0.25, 0.3) is 21.9 Å². The van der Waals surface area contributed by atoms with E-state index in [4.69, 9.17) is 61.1 Å². The zero-order valence-electron chi connectivity index (χ0n) is 24.8. The second-order valence-electron chi connectivity index (χ2n) is 9.57. The van der Waals surface area contributed by atoms with Crippen LogP contribution >= 0.6 is 0 Å². The summed E-state index contributed by atoms with van der Waals surface area (Å²) in [4.78, 5) is 9.76. The van der Waals surface area contributed by atoms with E-state index in [2.05, 4.69) is 36.4 Å². The molecular formula is C30H28Cl2N2NiO14. The average Bonchev–Trinajstić information content (AvgIpc) is 3.75. The number of furan rings is 1. The van der Waals surface area contributed by atoms with Crippen LogP contribution in [-0.2, 0) is 26.0 Å². The molecule has 0 unspecified atom stereocenters. The van der Waals surface area contributed by atoms with E-state index in [0.29, 0.717) is 25.0 Å². The molecule has 19 heteroatoms. The van der Waals surface area contributed by atoms with Gasteiger partial charge in [0, 0.05) is 10.8 Å². The van der Waals surface area contributed by atoms with E-state index in [-0.39, 0.29) is 45.0 Å². The number of halogens is 2. The average molecular weight is 770 g/mol. The molecule has 0 radical (unpaired) electrons. The molecule has 7 rings (SSSR count). The Labute approximate surface area is 292 Å². The van der Waals surface area contributed by atoms with Gasteiger partial charge in [-0.15, -0.1) is 20.5 Å². The molecule has 266 valence electrons. The predicted molar refractivity (Wildman–Crippen MR) is 148 cm³/mol. The SMILES string of the molecule is O.O.O.[Ni+2].[O-][Cl+3]([O-])([O-])[O-].[O-][Cl+3]([O-])([O-])[O-].c1ccc([C@@H]2COC(c3cccc4c3oc3c(C5=N[C@H](c6ccccc6)CO5)cccc34)=N2)cc1. The topological polar surface area (TPSA) is 335 Å². The van der Waals surface area contributed by atoms with Crippen LogP contribution in [-0.4, -0.2) is 41.4 Å². The van der Waals surface area contributed by atoms with Gasteiger partial charge >= 0.3 is 16.5 Å². The van der Waals surface area contributed by atoms with Gasteiger partial charge in [0.2, 0.25) is 11.8 Å². The molecule has 2 atom stereocenters. The van der Waals surface area contributed by atoms with Gasteiger partial charge in [-0.2, -0.15) is 0 Å². The predicted octanol–water partition coefficient (Wildman–Crippen LogP) is -5.37. The summed E-state index contributed by atoms with van der Waals surface area (Å²) in [5.74, 6) is 1.23. The fourth-order valence-electron chi connectivity index (χ4n) is 4.89. The fourth-order valence-corrected chi connectivity index (χ4v) is 4.89. The third kappa shape index (κ3) is 11.7. The van der Waals surface area contributed by atoms with Crippen LogP contribution in [0.5, 0.6) is 0 Å². The van der Waals surface area contributed by atoms with E-state index in [9.17, 15) is 0 Å². The van der Waals surface area contributed by atoms with Crippen molar-refractivity contribution in [3.8, 4) is 0 Å². The van der Waals surface area contributed by atoms with Crippen LogP contribution in [0.4, 0.5) is 0 Å². The molecule has 3 heterocycles. The zero-order chi connectivity index (χ0) is 32.2. The Kier molecular flexibility index (Phi) is 16.2. The third-order valence-corrected chi connectivity index (χ3v) is 6.66. The smallest absolute Gasteiger partial charge is 0.475 e. The van der Waals surface area contributed by atoms with Gasteiger partial charge in [-0.25, -0.2) is 47.3 Å². The third-order valence-electron chi connectivity index (χ3n) is 6.66. The summed E-state index contributed by atoms with van der Waals surface area (Å²) in [5, 5.41) is 2.04. The first-order valence-corrected chi connectivity index (χ1v) is 15.5. The minimum Gasteiger partial charge on any atom is -0.475 e. The molecule has 2 aliphatic rings. The maximum atomic E-state index is 8.49. The molecule has 1 aromatic heterocycles. The number of para-hydroxylation sites is 2.